The van der Waals surface area contributed by atoms with E-state index in [1.165, 1.54) is 43.4 Å². The summed E-state index contributed by atoms with van der Waals surface area (Å²) < 4.78 is 0. The summed E-state index contributed by atoms with van der Waals surface area (Å²) in [4.78, 5) is 0. The molecule has 1 aliphatic carbocycles. The predicted molar refractivity (Wildman–Crippen MR) is 74.3 cm³/mol. The van der Waals surface area contributed by atoms with Crippen molar-refractivity contribution in [2.45, 2.75) is 38.6 Å². The number of anilines is 1. The smallest absolute Gasteiger partial charge is 0.0340 e. The molecule has 0 amide bonds. The lowest BCUT2D eigenvalue weighted by Gasteiger charge is -2.10. The summed E-state index contributed by atoms with van der Waals surface area (Å²) in [6.45, 7) is 2.15. The molecule has 0 unspecified atom stereocenters. The summed E-state index contributed by atoms with van der Waals surface area (Å²) in [5.74, 6) is 0.992. The van der Waals surface area contributed by atoms with E-state index in [0.717, 1.165) is 19.0 Å². The van der Waals surface area contributed by atoms with Crippen molar-refractivity contribution in [1.82, 2.24) is 5.32 Å². The molecule has 2 N–H and O–H groups in total. The first-order valence-corrected chi connectivity index (χ1v) is 6.86. The highest BCUT2D eigenvalue weighted by atomic mass is 14.9. The maximum atomic E-state index is 3.55. The maximum absolute atomic E-state index is 3.55. The molecule has 0 aliphatic heterocycles. The molecule has 0 saturated heterocycles. The number of hydrogen-bond acceptors (Lipinski definition) is 2. The van der Waals surface area contributed by atoms with Crippen molar-refractivity contribution in [3.05, 3.63) is 29.8 Å². The first kappa shape index (κ1) is 12.4. The maximum Gasteiger partial charge on any atom is 0.0340 e. The molecule has 0 heterocycles. The van der Waals surface area contributed by atoms with Gasteiger partial charge in [-0.2, -0.15) is 0 Å². The average Bonchev–Trinajstić information content (AvgIpc) is 2.88. The number of nitrogens with one attached hydrogen (secondary N) is 2. The Labute approximate surface area is 105 Å². The monoisotopic (exact) mass is 232 g/mol. The zero-order valence-electron chi connectivity index (χ0n) is 10.8. The van der Waals surface area contributed by atoms with Crippen molar-refractivity contribution in [2.24, 2.45) is 5.92 Å². The van der Waals surface area contributed by atoms with Gasteiger partial charge in [0.25, 0.3) is 0 Å². The molecule has 0 radical (unpaired) electrons. The third kappa shape index (κ3) is 4.04. The highest BCUT2D eigenvalue weighted by Gasteiger charge is 2.13. The van der Waals surface area contributed by atoms with Crippen LogP contribution in [0.5, 0.6) is 0 Å². The quantitative estimate of drug-likeness (QED) is 0.735. The van der Waals surface area contributed by atoms with Crippen LogP contribution in [-0.4, -0.2) is 13.6 Å². The van der Waals surface area contributed by atoms with E-state index in [1.807, 2.05) is 7.05 Å². The standard InChI is InChI=1S/C15H24N2/c1-16-15-8-4-7-14(11-15)12-17-10-9-13-5-2-3-6-13/h4,7-8,11,13,16-17H,2-3,5-6,9-10,12H2,1H3. The lowest BCUT2D eigenvalue weighted by molar-refractivity contribution is 0.477. The molecule has 1 saturated carbocycles. The summed E-state index contributed by atoms with van der Waals surface area (Å²) in [5, 5.41) is 6.73. The predicted octanol–water partition coefficient (Wildman–Crippen LogP) is 3.40. The lowest BCUT2D eigenvalue weighted by Crippen LogP contribution is -2.17. The summed E-state index contributed by atoms with van der Waals surface area (Å²) in [7, 11) is 1.96. The van der Waals surface area contributed by atoms with Crippen molar-refractivity contribution in [2.75, 3.05) is 18.9 Å². The van der Waals surface area contributed by atoms with Crippen molar-refractivity contribution in [3.8, 4) is 0 Å². The average molecular weight is 232 g/mol. The van der Waals surface area contributed by atoms with Gasteiger partial charge in [-0.3, -0.25) is 0 Å². The van der Waals surface area contributed by atoms with Crippen LogP contribution in [0.3, 0.4) is 0 Å². The Morgan fingerprint density at radius 3 is 2.82 bits per heavy atom. The zero-order chi connectivity index (χ0) is 11.9. The van der Waals surface area contributed by atoms with Crippen LogP contribution < -0.4 is 10.6 Å². The second-order valence-electron chi connectivity index (χ2n) is 5.07. The van der Waals surface area contributed by atoms with Gasteiger partial charge in [0, 0.05) is 19.3 Å². The normalized spacial score (nSPS) is 16.3. The van der Waals surface area contributed by atoms with Crippen LogP contribution in [0.2, 0.25) is 0 Å². The Hall–Kier alpha value is -1.02. The third-order valence-corrected chi connectivity index (χ3v) is 3.75. The molecule has 94 valence electrons. The van der Waals surface area contributed by atoms with Crippen LogP contribution in [-0.2, 0) is 6.54 Å². The third-order valence-electron chi connectivity index (χ3n) is 3.75. The summed E-state index contributed by atoms with van der Waals surface area (Å²) in [6, 6.07) is 8.60. The molecular formula is C15H24N2. The summed E-state index contributed by atoms with van der Waals surface area (Å²) in [5.41, 5.74) is 2.56. The van der Waals surface area contributed by atoms with Gasteiger partial charge in [0.1, 0.15) is 0 Å². The van der Waals surface area contributed by atoms with Gasteiger partial charge in [0.05, 0.1) is 0 Å². The molecular weight excluding hydrogens is 208 g/mol. The van der Waals surface area contributed by atoms with E-state index in [1.54, 1.807) is 0 Å². The first-order valence-electron chi connectivity index (χ1n) is 6.86. The highest BCUT2D eigenvalue weighted by Crippen LogP contribution is 2.26. The molecule has 1 aliphatic rings. The Morgan fingerprint density at radius 2 is 2.06 bits per heavy atom. The molecule has 0 spiro atoms. The van der Waals surface area contributed by atoms with Crippen molar-refractivity contribution >= 4 is 5.69 Å². The molecule has 1 aromatic carbocycles. The van der Waals surface area contributed by atoms with Gasteiger partial charge in [-0.1, -0.05) is 37.8 Å². The SMILES string of the molecule is CNc1cccc(CNCCC2CCCC2)c1. The van der Waals surface area contributed by atoms with Crippen molar-refractivity contribution in [1.29, 1.82) is 0 Å². The van der Waals surface area contributed by atoms with E-state index >= 15 is 0 Å². The Kier molecular flexibility index (Phi) is 4.87. The van der Waals surface area contributed by atoms with Crippen LogP contribution in [0.15, 0.2) is 24.3 Å². The fourth-order valence-corrected chi connectivity index (χ4v) is 2.67. The van der Waals surface area contributed by atoms with Gasteiger partial charge in [-0.15, -0.1) is 0 Å². The largest absolute Gasteiger partial charge is 0.388 e. The van der Waals surface area contributed by atoms with E-state index in [9.17, 15) is 0 Å². The topological polar surface area (TPSA) is 24.1 Å². The van der Waals surface area contributed by atoms with Crippen molar-refractivity contribution in [3.63, 3.8) is 0 Å². The minimum atomic E-state index is 0.988. The van der Waals surface area contributed by atoms with E-state index in [-0.39, 0.29) is 0 Å². The van der Waals surface area contributed by atoms with Crippen LogP contribution >= 0.6 is 0 Å². The molecule has 1 fully saturated rings. The molecule has 17 heavy (non-hydrogen) atoms. The van der Waals surface area contributed by atoms with Crippen LogP contribution in [0, 0.1) is 5.92 Å². The number of benzene rings is 1. The van der Waals surface area contributed by atoms with Crippen LogP contribution in [0.4, 0.5) is 5.69 Å². The van der Waals surface area contributed by atoms with Gasteiger partial charge in [-0.25, -0.2) is 0 Å². The Bertz CT molecular complexity index is 329. The fraction of sp³-hybridized carbons (Fsp3) is 0.600. The number of hydrogen-bond donors (Lipinski definition) is 2. The first-order chi connectivity index (χ1) is 8.38. The minimum absolute atomic E-state index is 0.988. The zero-order valence-corrected chi connectivity index (χ0v) is 10.8. The van der Waals surface area contributed by atoms with Gasteiger partial charge < -0.3 is 10.6 Å². The molecule has 2 heteroatoms. The van der Waals surface area contributed by atoms with Gasteiger partial charge in [0.2, 0.25) is 0 Å². The van der Waals surface area contributed by atoms with Crippen LogP contribution in [0.25, 0.3) is 0 Å². The van der Waals surface area contributed by atoms with Crippen LogP contribution in [0.1, 0.15) is 37.7 Å². The van der Waals surface area contributed by atoms with E-state index in [0.29, 0.717) is 0 Å². The summed E-state index contributed by atoms with van der Waals surface area (Å²) >= 11 is 0. The number of rotatable bonds is 6. The molecule has 2 nitrogen and oxygen atoms in total. The Balaban J connectivity index is 1.66. The second-order valence-corrected chi connectivity index (χ2v) is 5.07. The highest BCUT2D eigenvalue weighted by molar-refractivity contribution is 5.44. The van der Waals surface area contributed by atoms with E-state index < -0.39 is 0 Å². The van der Waals surface area contributed by atoms with Gasteiger partial charge in [-0.05, 0) is 36.6 Å². The van der Waals surface area contributed by atoms with E-state index in [4.69, 9.17) is 0 Å². The van der Waals surface area contributed by atoms with Gasteiger partial charge >= 0.3 is 0 Å². The molecule has 0 aromatic heterocycles. The minimum Gasteiger partial charge on any atom is -0.388 e. The van der Waals surface area contributed by atoms with Gasteiger partial charge in [0.15, 0.2) is 0 Å². The summed E-state index contributed by atoms with van der Waals surface area (Å²) in [6.07, 6.45) is 7.17. The molecule has 1 aromatic rings. The lowest BCUT2D eigenvalue weighted by atomic mass is 10.0. The Morgan fingerprint density at radius 1 is 1.24 bits per heavy atom. The molecule has 0 bridgehead atoms. The van der Waals surface area contributed by atoms with E-state index in [2.05, 4.69) is 34.9 Å². The fourth-order valence-electron chi connectivity index (χ4n) is 2.67. The molecule has 0 atom stereocenters. The van der Waals surface area contributed by atoms with Crippen molar-refractivity contribution < 1.29 is 0 Å². The second kappa shape index (κ2) is 6.65. The molecule has 2 rings (SSSR count).